The predicted molar refractivity (Wildman–Crippen MR) is 3.30 cm³/mol. The van der Waals surface area contributed by atoms with Gasteiger partial charge in [-0.15, -0.1) is 0 Å². The molecule has 0 aliphatic carbocycles. The Morgan fingerprint density at radius 2 is 1.25 bits per heavy atom. The summed E-state index contributed by atoms with van der Waals surface area (Å²) in [7, 11) is 0. The van der Waals surface area contributed by atoms with E-state index in [1.807, 2.05) is 0 Å². The van der Waals surface area contributed by atoms with Crippen molar-refractivity contribution in [3.05, 3.63) is 0 Å². The summed E-state index contributed by atoms with van der Waals surface area (Å²) >= 11 is 0. The van der Waals surface area contributed by atoms with Crippen molar-refractivity contribution < 1.29 is 61.1 Å². The van der Waals surface area contributed by atoms with Crippen molar-refractivity contribution in [3.63, 3.8) is 0 Å². The van der Waals surface area contributed by atoms with Crippen LogP contribution < -0.4 is 0 Å². The Bertz CT molecular complexity index is 6.00. The zero-order valence-corrected chi connectivity index (χ0v) is 3.15. The fraction of sp³-hybridized carbons (Fsp3) is 0. The Labute approximate surface area is 60.4 Å². The molecule has 0 aromatic heterocycles. The van der Waals surface area contributed by atoms with Gasteiger partial charge in [0.05, 0.1) is 0 Å². The molecular formula is F2OYb. The van der Waals surface area contributed by atoms with Gasteiger partial charge in [-0.1, -0.05) is 0 Å². The third-order valence-corrected chi connectivity index (χ3v) is 0. The SMILES string of the molecule is FOF.[Yb]. The standard InChI is InChI=1S/F2O.Yb/c1-3-2;. The second-order valence-electron chi connectivity index (χ2n) is 0.0583. The predicted octanol–water partition coefficient (Wildman–Crippen LogP) is 0.772. The van der Waals surface area contributed by atoms with Crippen LogP contribution in [0.15, 0.2) is 0 Å². The van der Waals surface area contributed by atoms with Gasteiger partial charge < -0.3 is 0 Å². The molecule has 0 N–H and O–H groups in total. The number of hydrogen-bond acceptors (Lipinski definition) is 1. The third-order valence-electron chi connectivity index (χ3n) is 0. The quantitative estimate of drug-likeness (QED) is 0.594. The molecule has 0 fully saturated rings. The molecule has 0 saturated heterocycles. The van der Waals surface area contributed by atoms with Gasteiger partial charge in [0.2, 0.25) is 0 Å². The van der Waals surface area contributed by atoms with Crippen LogP contribution in [0.2, 0.25) is 0 Å². The van der Waals surface area contributed by atoms with E-state index in [1.165, 1.54) is 5.15 Å². The van der Waals surface area contributed by atoms with Gasteiger partial charge in [0.25, 0.3) is 0 Å². The molecule has 1 nitrogen and oxygen atoms in total. The van der Waals surface area contributed by atoms with Gasteiger partial charge in [-0.25, -0.2) is 0 Å². The molecule has 0 spiro atoms. The van der Waals surface area contributed by atoms with Gasteiger partial charge in [0.15, 0.2) is 0 Å². The van der Waals surface area contributed by atoms with E-state index >= 15 is 0 Å². The van der Waals surface area contributed by atoms with E-state index in [0.29, 0.717) is 0 Å². The monoisotopic (exact) mass is 228 g/mol. The second kappa shape index (κ2) is 8.84. The van der Waals surface area contributed by atoms with Crippen molar-refractivity contribution in [3.8, 4) is 0 Å². The van der Waals surface area contributed by atoms with Gasteiger partial charge in [-0.3, -0.25) is 0 Å². The third kappa shape index (κ3) is 10.2. The first-order valence-corrected chi connectivity index (χ1v) is 0.309. The van der Waals surface area contributed by atoms with E-state index in [2.05, 4.69) is 0 Å². The summed E-state index contributed by atoms with van der Waals surface area (Å²) in [5.41, 5.74) is 0. The molecule has 0 rings (SSSR count). The molecule has 0 saturated carbocycles. The van der Waals surface area contributed by atoms with Crippen LogP contribution >= 0.6 is 0 Å². The number of hydrogen-bond donors (Lipinski definition) is 0. The van der Waals surface area contributed by atoms with Crippen LogP contribution in [0, 0.1) is 46.9 Å². The summed E-state index contributed by atoms with van der Waals surface area (Å²) in [6.45, 7) is 0. The topological polar surface area (TPSA) is 9.23 Å². The number of rotatable bonds is 0. The molecule has 0 bridgehead atoms. The van der Waals surface area contributed by atoms with Crippen LogP contribution in [-0.4, -0.2) is 0 Å². The van der Waals surface area contributed by atoms with Crippen molar-refractivity contribution >= 4 is 0 Å². The smallest absolute Gasteiger partial charge is 0.0104 e. The molecule has 34 valence electrons. The fourth-order valence-electron chi connectivity index (χ4n) is 0. The minimum Gasteiger partial charge on any atom is -0.0104 e. The minimum atomic E-state index is 0. The Kier molecular flexibility index (Phi) is 19.9. The van der Waals surface area contributed by atoms with Crippen molar-refractivity contribution in [2.45, 2.75) is 0 Å². The fourth-order valence-corrected chi connectivity index (χ4v) is 0. The zero-order valence-electron chi connectivity index (χ0n) is 1.43. The minimum absolute atomic E-state index is 0. The maximum atomic E-state index is 9.12. The molecule has 0 aliphatic rings. The first kappa shape index (κ1) is 9.02. The van der Waals surface area contributed by atoms with Crippen molar-refractivity contribution in [1.29, 1.82) is 0 Å². The Balaban J connectivity index is 0. The van der Waals surface area contributed by atoms with E-state index in [0.717, 1.165) is 0 Å². The molecule has 4 heavy (non-hydrogen) atoms. The summed E-state index contributed by atoms with van der Waals surface area (Å²) in [4.78, 5) is 0. The van der Waals surface area contributed by atoms with E-state index in [9.17, 15) is 0 Å². The van der Waals surface area contributed by atoms with Crippen molar-refractivity contribution in [2.24, 2.45) is 0 Å². The first-order chi connectivity index (χ1) is 1.41. The molecule has 0 aromatic carbocycles. The average molecular weight is 227 g/mol. The summed E-state index contributed by atoms with van der Waals surface area (Å²) < 4.78 is 18.2. The summed E-state index contributed by atoms with van der Waals surface area (Å²) in [6.07, 6.45) is 0. The maximum absolute atomic E-state index is 9.12. The Morgan fingerprint density at radius 1 is 1.25 bits per heavy atom. The summed E-state index contributed by atoms with van der Waals surface area (Å²) in [6, 6.07) is 0. The van der Waals surface area contributed by atoms with E-state index in [1.54, 1.807) is 0 Å². The molecule has 0 unspecified atom stereocenters. The van der Waals surface area contributed by atoms with Gasteiger partial charge >= 0.3 is 0 Å². The first-order valence-electron chi connectivity index (χ1n) is 0.309. The van der Waals surface area contributed by atoms with Crippen LogP contribution in [0.3, 0.4) is 0 Å². The second-order valence-corrected chi connectivity index (χ2v) is 0.0583. The molecule has 0 aliphatic heterocycles. The van der Waals surface area contributed by atoms with Crippen LogP contribution in [0.5, 0.6) is 0 Å². The van der Waals surface area contributed by atoms with Gasteiger partial charge in [0, 0.05) is 52.1 Å². The van der Waals surface area contributed by atoms with E-state index < -0.39 is 0 Å². The molecular weight excluding hydrogens is 227 g/mol. The molecule has 0 amide bonds. The molecule has 0 atom stereocenters. The normalized spacial score (nSPS) is 4.50. The van der Waals surface area contributed by atoms with Crippen molar-refractivity contribution in [2.75, 3.05) is 0 Å². The van der Waals surface area contributed by atoms with Crippen LogP contribution in [-0.2, 0) is 5.15 Å². The van der Waals surface area contributed by atoms with Crippen LogP contribution in [0.4, 0.5) is 9.05 Å². The molecule has 0 radical (unpaired) electrons. The molecule has 0 aromatic rings. The largest absolute Gasteiger partial charge is 0.0209 e. The van der Waals surface area contributed by atoms with Crippen LogP contribution in [0.1, 0.15) is 0 Å². The Morgan fingerprint density at radius 3 is 1.25 bits per heavy atom. The van der Waals surface area contributed by atoms with Gasteiger partial charge in [0.1, 0.15) is 0 Å². The molecule has 4 heteroatoms. The average Bonchev–Trinajstić information content (AvgIpc) is 0.918. The summed E-state index contributed by atoms with van der Waals surface area (Å²) in [5.74, 6) is 0. The van der Waals surface area contributed by atoms with E-state index in [4.69, 9.17) is 9.05 Å². The molecule has 0 heterocycles. The maximum Gasteiger partial charge on any atom is 0.0209 e. The van der Waals surface area contributed by atoms with Gasteiger partial charge in [-0.05, 0) is 9.05 Å². The number of halogens is 2. The Hall–Kier alpha value is 1.34. The van der Waals surface area contributed by atoms with Crippen molar-refractivity contribution in [1.82, 2.24) is 0 Å². The summed E-state index contributed by atoms with van der Waals surface area (Å²) in [5, 5.41) is 1.25. The van der Waals surface area contributed by atoms with Crippen LogP contribution in [0.25, 0.3) is 0 Å². The van der Waals surface area contributed by atoms with E-state index in [-0.39, 0.29) is 46.9 Å². The zero-order chi connectivity index (χ0) is 2.71. The van der Waals surface area contributed by atoms with Gasteiger partial charge in [-0.2, -0.15) is 0 Å².